The number of hydrogen-bond donors (Lipinski definition) is 3. The van der Waals surface area contributed by atoms with Crippen LogP contribution in [0, 0.1) is 17.3 Å². The summed E-state index contributed by atoms with van der Waals surface area (Å²) in [5.74, 6) is -5.60. The fraction of sp³-hybridized carbons (Fsp3) is 0.333. The Bertz CT molecular complexity index is 6070. The topological polar surface area (TPSA) is 443 Å². The highest BCUT2D eigenvalue weighted by Gasteiger charge is 2.37. The Morgan fingerprint density at radius 1 is 0.408 bits per heavy atom. The number of amides is 2. The molecule has 0 saturated heterocycles. The number of ketones is 4. The molecule has 0 fully saturated rings. The number of methoxy groups -OCH3 is 4. The highest BCUT2D eigenvalue weighted by atomic mass is 32.1. The molecule has 0 spiro atoms. The number of rotatable bonds is 24. The van der Waals surface area contributed by atoms with Crippen LogP contribution in [-0.4, -0.2) is 186 Å². The molecule has 0 aliphatic heterocycles. The maximum Gasteiger partial charge on any atom is 0.510 e. The third-order valence-corrected chi connectivity index (χ3v) is 21.5. The minimum atomic E-state index is -0.975. The number of nitrogens with zero attached hydrogens (tertiary/aromatic N) is 8. The molecular formula is C87H93N11O23S4. The van der Waals surface area contributed by atoms with Crippen molar-refractivity contribution in [1.29, 1.82) is 0 Å². The molecule has 2 amide bonds. The zero-order valence-corrected chi connectivity index (χ0v) is 74.8. The van der Waals surface area contributed by atoms with Gasteiger partial charge in [-0.1, -0.05) is 121 Å². The van der Waals surface area contributed by atoms with Crippen LogP contribution < -0.4 is 16.4 Å². The van der Waals surface area contributed by atoms with Gasteiger partial charge in [0.05, 0.1) is 85.4 Å². The van der Waals surface area contributed by atoms with E-state index in [0.717, 1.165) is 50.9 Å². The molecule has 0 aliphatic carbocycles. The number of aromatic nitrogens is 8. The first-order chi connectivity index (χ1) is 59.0. The van der Waals surface area contributed by atoms with E-state index in [2.05, 4.69) is 49.5 Å². The molecule has 0 bridgehead atoms. The second kappa shape index (κ2) is 41.3. The van der Waals surface area contributed by atoms with Crippen molar-refractivity contribution in [2.45, 2.75) is 140 Å². The highest BCUT2D eigenvalue weighted by molar-refractivity contribution is 7.13. The molecule has 12 aromatic rings. The molecular weight excluding hydrogens is 1700 g/mol. The van der Waals surface area contributed by atoms with Crippen molar-refractivity contribution < 1.29 is 110 Å². The van der Waals surface area contributed by atoms with Crippen molar-refractivity contribution in [3.63, 3.8) is 0 Å². The lowest BCUT2D eigenvalue weighted by Crippen LogP contribution is -2.51. The predicted molar refractivity (Wildman–Crippen MR) is 464 cm³/mol. The Morgan fingerprint density at radius 3 is 1.04 bits per heavy atom. The molecule has 12 rings (SSSR count). The maximum absolute atomic E-state index is 13.5. The number of para-hydroxylation sites is 4. The number of fused-ring (bicyclic) bond motifs is 4. The van der Waals surface area contributed by atoms with Crippen molar-refractivity contribution in [3.8, 4) is 0 Å². The van der Waals surface area contributed by atoms with Crippen LogP contribution in [0.5, 0.6) is 0 Å². The molecule has 125 heavy (non-hydrogen) atoms. The minimum Gasteiger partial charge on any atom is -0.464 e. The number of nitrogens with two attached hydrogens (primary N) is 1. The monoisotopic (exact) mass is 1790 g/mol. The van der Waals surface area contributed by atoms with E-state index in [9.17, 15) is 67.1 Å². The number of thiazole rings is 4. The smallest absolute Gasteiger partial charge is 0.464 e. The first kappa shape index (κ1) is 95.5. The van der Waals surface area contributed by atoms with E-state index in [1.807, 2.05) is 39.8 Å². The molecule has 658 valence electrons. The summed E-state index contributed by atoms with van der Waals surface area (Å²) < 4.78 is 50.6. The van der Waals surface area contributed by atoms with Gasteiger partial charge in [-0.3, -0.25) is 37.9 Å². The molecule has 3 atom stereocenters. The largest absolute Gasteiger partial charge is 0.510 e. The summed E-state index contributed by atoms with van der Waals surface area (Å²) in [7, 11) is 4.98. The Kier molecular flexibility index (Phi) is 31.5. The molecule has 0 radical (unpaired) electrons. The van der Waals surface area contributed by atoms with Gasteiger partial charge in [-0.25, -0.2) is 58.3 Å². The van der Waals surface area contributed by atoms with Crippen LogP contribution in [0.3, 0.4) is 0 Å². The summed E-state index contributed by atoms with van der Waals surface area (Å²) in [5.41, 5.74) is 8.00. The van der Waals surface area contributed by atoms with Gasteiger partial charge in [0.15, 0.2) is 56.3 Å². The van der Waals surface area contributed by atoms with Gasteiger partial charge in [-0.15, -0.1) is 45.3 Å². The molecule has 0 aliphatic rings. The van der Waals surface area contributed by atoms with Gasteiger partial charge in [0.1, 0.15) is 23.3 Å². The lowest BCUT2D eigenvalue weighted by Gasteiger charge is -2.30. The zero-order valence-electron chi connectivity index (χ0n) is 71.5. The lowest BCUT2D eigenvalue weighted by atomic mass is 9.87. The number of esters is 5. The molecule has 0 saturated carbocycles. The predicted octanol–water partition coefficient (Wildman–Crippen LogP) is 14.8. The summed E-state index contributed by atoms with van der Waals surface area (Å²) in [4.78, 5) is 191. The maximum atomic E-state index is 13.5. The summed E-state index contributed by atoms with van der Waals surface area (Å²) in [6, 6.07) is 25.9. The van der Waals surface area contributed by atoms with Crippen molar-refractivity contribution in [2.24, 2.45) is 23.0 Å². The fourth-order valence-corrected chi connectivity index (χ4v) is 15.0. The van der Waals surface area contributed by atoms with E-state index in [-0.39, 0.29) is 104 Å². The highest BCUT2D eigenvalue weighted by Crippen LogP contribution is 2.33. The fourth-order valence-electron chi connectivity index (χ4n) is 12.0. The van der Waals surface area contributed by atoms with Gasteiger partial charge < -0.3 is 68.1 Å². The first-order valence-corrected chi connectivity index (χ1v) is 42.0. The van der Waals surface area contributed by atoms with E-state index in [0.29, 0.717) is 54.8 Å². The average molecular weight is 1790 g/mol. The van der Waals surface area contributed by atoms with Crippen LogP contribution in [0.4, 0.5) is 14.4 Å². The molecule has 34 nitrogen and oxygen atoms in total. The van der Waals surface area contributed by atoms with E-state index in [4.69, 9.17) is 29.4 Å². The van der Waals surface area contributed by atoms with Crippen LogP contribution in [0.2, 0.25) is 0 Å². The Morgan fingerprint density at radius 2 is 0.720 bits per heavy atom. The molecule has 4 N–H and O–H groups in total. The SMILES string of the molecule is CCOC(=O)OCn1cc(C(=O)c2nc(C(=O)OC)cs2)c2ccccc21.COC(=O)c1csc(C(=O)c2cn(C(=O)C(N)C(C)C)c3ccccc23)n1.COC(=O)c1csc(C(=O)c2cn(C(=O)C(NC(=O)OC(C)(C)C)C(C)C)c3ccccc23)n1.COC(=O)c1csc(C(=O)c2cn(COC(=O)C(NC(=O)OC(C)(C)C)C(C)(C)C)c3ccccc23)n1. The van der Waals surface area contributed by atoms with Gasteiger partial charge in [0.25, 0.3) is 5.91 Å². The van der Waals surface area contributed by atoms with Crippen molar-refractivity contribution in [3.05, 3.63) is 208 Å². The third-order valence-electron chi connectivity index (χ3n) is 18.1. The van der Waals surface area contributed by atoms with Gasteiger partial charge in [-0.05, 0) is 90.0 Å². The Labute approximate surface area is 732 Å². The van der Waals surface area contributed by atoms with Crippen molar-refractivity contribution >= 4 is 172 Å². The van der Waals surface area contributed by atoms with Gasteiger partial charge in [0, 0.05) is 67.9 Å². The molecule has 38 heteroatoms. The molecule has 4 aromatic carbocycles. The van der Waals surface area contributed by atoms with Crippen LogP contribution in [0.1, 0.15) is 210 Å². The number of ether oxygens (including phenoxy) is 9. The molecule has 8 aromatic heterocycles. The van der Waals surface area contributed by atoms with E-state index >= 15 is 0 Å². The minimum absolute atomic E-state index is 0.0390. The Balaban J connectivity index is 0.000000190. The second-order valence-electron chi connectivity index (χ2n) is 31.2. The number of hydrogen-bond acceptors (Lipinski definition) is 32. The third kappa shape index (κ3) is 23.5. The lowest BCUT2D eigenvalue weighted by molar-refractivity contribution is -0.152. The van der Waals surface area contributed by atoms with E-state index in [1.54, 1.807) is 176 Å². The van der Waals surface area contributed by atoms with Crippen LogP contribution in [0.25, 0.3) is 43.6 Å². The number of carbonyl (C=O) groups is 14. The molecule has 8 heterocycles. The zero-order chi connectivity index (χ0) is 91.9. The Hall–Kier alpha value is -13.3. The second-order valence-corrected chi connectivity index (χ2v) is 34.6. The number of carbonyl (C=O) groups excluding carboxylic acids is 14. The van der Waals surface area contributed by atoms with E-state index in [1.165, 1.54) is 71.5 Å². The van der Waals surface area contributed by atoms with Crippen LogP contribution in [-0.2, 0) is 60.9 Å². The van der Waals surface area contributed by atoms with Crippen molar-refractivity contribution in [1.82, 2.24) is 48.8 Å². The summed E-state index contributed by atoms with van der Waals surface area (Å²) in [6.07, 6.45) is 3.89. The normalized spacial score (nSPS) is 12.1. The summed E-state index contributed by atoms with van der Waals surface area (Å²) in [6.45, 7) is 24.7. The molecule has 3 unspecified atom stereocenters. The van der Waals surface area contributed by atoms with Gasteiger partial charge >= 0.3 is 48.2 Å². The number of alkyl carbamates (subject to hydrolysis) is 2. The quantitative estimate of drug-likeness (QED) is 0.0287. The average Bonchev–Trinajstić information content (AvgIpc) is 1.93. The summed E-state index contributed by atoms with van der Waals surface area (Å²) in [5, 5.41) is 14.2. The van der Waals surface area contributed by atoms with Gasteiger partial charge in [0.2, 0.25) is 29.0 Å². The van der Waals surface area contributed by atoms with Crippen LogP contribution >= 0.6 is 45.3 Å². The van der Waals surface area contributed by atoms with E-state index < -0.39 is 94.6 Å². The number of benzene rings is 4. The number of nitrogens with one attached hydrogen (secondary N) is 2. The van der Waals surface area contributed by atoms with Gasteiger partial charge in [-0.2, -0.15) is 0 Å². The standard InChI is InChI=1S/C26H31N3O7S.C24H27N3O6S.C19H19N3O4S.C18H16N2O6S/c1-25(2,3)20(28-24(33)36-26(4,5)6)23(32)35-14-29-12-16(15-10-8-9-11-18(15)29)19(30)21-27-17(13-37-21)22(31)34-7;1-13(2)18(26-23(31)33-24(3,4)5)21(29)27-11-15(14-9-7-8-10-17(14)27)19(28)20-25-16(12-34-20)22(30)32-6;1-10(2)15(20)18(24)22-8-12(11-6-4-5-7-14(11)22)16(23)17-21-13(9-27-17)19(25)26-3;1-3-25-18(23)26-10-20-8-12(11-6-4-5-7-14(11)20)15(21)16-19-13(9-27-16)17(22)24-2/h8-13,20H,14H2,1-7H3,(H,28,33);7-13,18H,1-6H3,(H,26,31);4-10,15H,20H2,1-3H3;4-9H,3,10H2,1-2H3. The van der Waals surface area contributed by atoms with Crippen molar-refractivity contribution in [2.75, 3.05) is 35.0 Å². The first-order valence-electron chi connectivity index (χ1n) is 38.5. The van der Waals surface area contributed by atoms with Crippen LogP contribution in [0.15, 0.2) is 143 Å². The summed E-state index contributed by atoms with van der Waals surface area (Å²) >= 11 is 4.17.